The van der Waals surface area contributed by atoms with Gasteiger partial charge in [0.2, 0.25) is 11.7 Å². The second-order valence-electron chi connectivity index (χ2n) is 6.13. The van der Waals surface area contributed by atoms with Crippen molar-refractivity contribution in [3.8, 4) is 23.0 Å². The number of aryl methyl sites for hydroxylation is 2. The second-order valence-corrected chi connectivity index (χ2v) is 6.91. The van der Waals surface area contributed by atoms with Crippen LogP contribution in [0.1, 0.15) is 17.0 Å². The maximum absolute atomic E-state index is 12.1. The molecule has 28 heavy (non-hydrogen) atoms. The largest absolute Gasteiger partial charge is 0.361 e. The normalized spacial score (nSPS) is 11.1. The molecule has 4 aromatic heterocycles. The SMILES string of the molecule is Cc1noc(C)c1CC(=O)NCCn1cc(-c2nc(-c3ccsc3)no2)nn1. The van der Waals surface area contributed by atoms with Crippen molar-refractivity contribution in [2.75, 3.05) is 6.54 Å². The van der Waals surface area contributed by atoms with Crippen molar-refractivity contribution in [1.82, 2.24) is 35.6 Å². The van der Waals surface area contributed by atoms with Crippen LogP contribution in [0.25, 0.3) is 23.0 Å². The fraction of sp³-hybridized carbons (Fsp3) is 0.294. The summed E-state index contributed by atoms with van der Waals surface area (Å²) in [5.41, 5.74) is 2.93. The van der Waals surface area contributed by atoms with Crippen LogP contribution < -0.4 is 5.32 Å². The first kappa shape index (κ1) is 18.0. The summed E-state index contributed by atoms with van der Waals surface area (Å²) in [7, 11) is 0. The fourth-order valence-electron chi connectivity index (χ4n) is 2.63. The molecule has 4 rings (SSSR count). The van der Waals surface area contributed by atoms with Crippen molar-refractivity contribution in [1.29, 1.82) is 0 Å². The molecule has 1 amide bonds. The van der Waals surface area contributed by atoms with Gasteiger partial charge in [-0.25, -0.2) is 4.68 Å². The highest BCUT2D eigenvalue weighted by atomic mass is 32.1. The minimum Gasteiger partial charge on any atom is -0.361 e. The van der Waals surface area contributed by atoms with E-state index in [-0.39, 0.29) is 12.3 Å². The van der Waals surface area contributed by atoms with E-state index in [0.29, 0.717) is 36.3 Å². The van der Waals surface area contributed by atoms with Gasteiger partial charge in [0.15, 0.2) is 5.69 Å². The minimum atomic E-state index is -0.105. The molecule has 4 heterocycles. The zero-order valence-corrected chi connectivity index (χ0v) is 16.1. The van der Waals surface area contributed by atoms with Crippen LogP contribution in [0, 0.1) is 13.8 Å². The third kappa shape index (κ3) is 3.83. The molecule has 0 saturated heterocycles. The fourth-order valence-corrected chi connectivity index (χ4v) is 3.26. The van der Waals surface area contributed by atoms with E-state index in [2.05, 4.69) is 30.9 Å². The first-order valence-electron chi connectivity index (χ1n) is 8.55. The summed E-state index contributed by atoms with van der Waals surface area (Å²) in [6.07, 6.45) is 1.93. The monoisotopic (exact) mass is 399 g/mol. The maximum Gasteiger partial charge on any atom is 0.280 e. The highest BCUT2D eigenvalue weighted by Crippen LogP contribution is 2.22. The minimum absolute atomic E-state index is 0.105. The molecule has 0 aliphatic heterocycles. The van der Waals surface area contributed by atoms with Crippen molar-refractivity contribution >= 4 is 17.2 Å². The number of nitrogens with zero attached hydrogens (tertiary/aromatic N) is 6. The van der Waals surface area contributed by atoms with Gasteiger partial charge in [-0.05, 0) is 25.3 Å². The average Bonchev–Trinajstić information content (AvgIpc) is 3.45. The first-order valence-corrected chi connectivity index (χ1v) is 9.49. The lowest BCUT2D eigenvalue weighted by molar-refractivity contribution is -0.120. The molecule has 0 bridgehead atoms. The molecule has 0 atom stereocenters. The van der Waals surface area contributed by atoms with Gasteiger partial charge in [0.25, 0.3) is 5.89 Å². The molecule has 144 valence electrons. The molecular weight excluding hydrogens is 382 g/mol. The Bertz CT molecular complexity index is 1060. The Morgan fingerprint density at radius 2 is 2.18 bits per heavy atom. The highest BCUT2D eigenvalue weighted by molar-refractivity contribution is 7.08. The van der Waals surface area contributed by atoms with Gasteiger partial charge in [0.05, 0.1) is 24.9 Å². The van der Waals surface area contributed by atoms with E-state index in [1.165, 1.54) is 0 Å². The molecule has 0 unspecified atom stereocenters. The van der Waals surface area contributed by atoms with Crippen molar-refractivity contribution in [2.24, 2.45) is 0 Å². The molecule has 0 aromatic carbocycles. The van der Waals surface area contributed by atoms with E-state index < -0.39 is 0 Å². The number of nitrogens with one attached hydrogen (secondary N) is 1. The molecular formula is C17H17N7O3S. The Hall–Kier alpha value is -3.34. The molecule has 0 aliphatic rings. The molecule has 0 saturated carbocycles. The summed E-state index contributed by atoms with van der Waals surface area (Å²) in [5.74, 6) is 1.37. The Morgan fingerprint density at radius 3 is 2.93 bits per heavy atom. The summed E-state index contributed by atoms with van der Waals surface area (Å²) in [4.78, 5) is 16.4. The van der Waals surface area contributed by atoms with Gasteiger partial charge in [0, 0.05) is 23.1 Å². The molecule has 0 fully saturated rings. The zero-order valence-electron chi connectivity index (χ0n) is 15.2. The van der Waals surface area contributed by atoms with E-state index in [4.69, 9.17) is 9.05 Å². The van der Waals surface area contributed by atoms with Crippen LogP contribution in [0.3, 0.4) is 0 Å². The maximum atomic E-state index is 12.1. The van der Waals surface area contributed by atoms with Crippen LogP contribution in [0.4, 0.5) is 0 Å². The Labute approximate surface area is 163 Å². The van der Waals surface area contributed by atoms with E-state index in [1.807, 2.05) is 23.8 Å². The molecule has 11 heteroatoms. The summed E-state index contributed by atoms with van der Waals surface area (Å²) in [5, 5.41) is 22.6. The van der Waals surface area contributed by atoms with Crippen LogP contribution >= 0.6 is 11.3 Å². The lowest BCUT2D eigenvalue weighted by atomic mass is 10.1. The number of aromatic nitrogens is 6. The highest BCUT2D eigenvalue weighted by Gasteiger charge is 2.15. The van der Waals surface area contributed by atoms with Crippen LogP contribution in [0.5, 0.6) is 0 Å². The standard InChI is InChI=1S/C17H17N7O3S/c1-10-13(11(2)26-21-10)7-15(25)18-4-5-24-8-14(20-23-24)17-19-16(22-27-17)12-3-6-28-9-12/h3,6,8-9H,4-5,7H2,1-2H3,(H,18,25). The predicted octanol–water partition coefficient (Wildman–Crippen LogP) is 2.02. The number of carbonyl (C=O) groups excluding carboxylic acids is 1. The lowest BCUT2D eigenvalue weighted by Crippen LogP contribution is -2.29. The van der Waals surface area contributed by atoms with Crippen molar-refractivity contribution in [2.45, 2.75) is 26.8 Å². The number of rotatable bonds is 7. The van der Waals surface area contributed by atoms with Gasteiger partial charge in [-0.2, -0.15) is 16.3 Å². The van der Waals surface area contributed by atoms with Gasteiger partial charge in [-0.3, -0.25) is 4.79 Å². The zero-order chi connectivity index (χ0) is 19.5. The van der Waals surface area contributed by atoms with Crippen LogP contribution in [-0.4, -0.2) is 42.7 Å². The number of hydrogen-bond donors (Lipinski definition) is 1. The second kappa shape index (κ2) is 7.72. The third-order valence-electron chi connectivity index (χ3n) is 4.14. The third-order valence-corrected chi connectivity index (χ3v) is 4.83. The van der Waals surface area contributed by atoms with Gasteiger partial charge in [-0.1, -0.05) is 15.5 Å². The number of carbonyl (C=O) groups is 1. The van der Waals surface area contributed by atoms with Gasteiger partial charge >= 0.3 is 0 Å². The number of amides is 1. The van der Waals surface area contributed by atoms with Crippen molar-refractivity contribution < 1.29 is 13.8 Å². The van der Waals surface area contributed by atoms with Gasteiger partial charge in [-0.15, -0.1) is 5.10 Å². The van der Waals surface area contributed by atoms with Gasteiger partial charge < -0.3 is 14.4 Å². The summed E-state index contributed by atoms with van der Waals surface area (Å²) in [6, 6.07) is 1.92. The summed E-state index contributed by atoms with van der Waals surface area (Å²) < 4.78 is 11.9. The van der Waals surface area contributed by atoms with E-state index in [1.54, 1.807) is 29.1 Å². The summed E-state index contributed by atoms with van der Waals surface area (Å²) in [6.45, 7) is 4.49. The first-order chi connectivity index (χ1) is 13.6. The van der Waals surface area contributed by atoms with E-state index in [0.717, 1.165) is 16.8 Å². The molecule has 4 aromatic rings. The van der Waals surface area contributed by atoms with Crippen molar-refractivity contribution in [3.63, 3.8) is 0 Å². The van der Waals surface area contributed by atoms with E-state index in [9.17, 15) is 4.79 Å². The van der Waals surface area contributed by atoms with E-state index >= 15 is 0 Å². The molecule has 0 spiro atoms. The van der Waals surface area contributed by atoms with Crippen LogP contribution in [-0.2, 0) is 17.8 Å². The molecule has 0 radical (unpaired) electrons. The lowest BCUT2D eigenvalue weighted by Gasteiger charge is -2.04. The topological polar surface area (TPSA) is 125 Å². The summed E-state index contributed by atoms with van der Waals surface area (Å²) >= 11 is 1.56. The molecule has 0 aliphatic carbocycles. The van der Waals surface area contributed by atoms with Gasteiger partial charge in [0.1, 0.15) is 5.76 Å². The molecule has 10 nitrogen and oxygen atoms in total. The Morgan fingerprint density at radius 1 is 1.29 bits per heavy atom. The smallest absolute Gasteiger partial charge is 0.280 e. The quantitative estimate of drug-likeness (QED) is 0.500. The predicted molar refractivity (Wildman–Crippen MR) is 99.3 cm³/mol. The Balaban J connectivity index is 1.31. The molecule has 1 N–H and O–H groups in total. The number of hydrogen-bond acceptors (Lipinski definition) is 9. The Kier molecular flexibility index (Phi) is 4.98. The number of thiophene rings is 1. The average molecular weight is 399 g/mol. The van der Waals surface area contributed by atoms with Crippen LogP contribution in [0.15, 0.2) is 32.1 Å². The van der Waals surface area contributed by atoms with Crippen LogP contribution in [0.2, 0.25) is 0 Å². The van der Waals surface area contributed by atoms with Crippen molar-refractivity contribution in [3.05, 3.63) is 40.0 Å².